The predicted octanol–water partition coefficient (Wildman–Crippen LogP) is 18.1. The number of carbonyl (C=O) groups excluding carboxylic acids is 1. The maximum absolute atomic E-state index is 13.1. The van der Waals surface area contributed by atoms with E-state index in [-0.39, 0.29) is 12.5 Å². The van der Waals surface area contributed by atoms with Crippen molar-refractivity contribution >= 4 is 5.91 Å². The minimum Gasteiger partial charge on any atom is -0.394 e. The number of aliphatic hydroxyl groups excluding tert-OH is 5. The van der Waals surface area contributed by atoms with E-state index in [4.69, 9.17) is 9.47 Å². The maximum atomic E-state index is 13.1. The van der Waals surface area contributed by atoms with Crippen molar-refractivity contribution in [2.24, 2.45) is 0 Å². The SMILES string of the molecule is CC/C=C\C/C=C\C/C=C\C/C=C\C/C=C\C/C=C\C/C=C\CCCCCCCCCCCCCCCCCCCC(=O)NC(COC1OC(CO)C(O)C(O)C1O)C(O)/C=C/CC/C=C/CCCCCCCCCCCCCCC. The number of ether oxygens (including phenoxy) is 2. The normalized spacial score (nSPS) is 19.1. The highest BCUT2D eigenvalue weighted by atomic mass is 16.7. The molecule has 1 aliphatic rings. The van der Waals surface area contributed by atoms with Gasteiger partial charge in [-0.15, -0.1) is 0 Å². The van der Waals surface area contributed by atoms with Gasteiger partial charge in [-0.25, -0.2) is 0 Å². The minimum absolute atomic E-state index is 0.187. The van der Waals surface area contributed by atoms with Crippen LogP contribution in [0.25, 0.3) is 0 Å². The van der Waals surface area contributed by atoms with Gasteiger partial charge in [-0.05, 0) is 89.9 Å². The van der Waals surface area contributed by atoms with E-state index in [0.29, 0.717) is 6.42 Å². The monoisotopic (exact) mass is 1130 g/mol. The second-order valence-corrected chi connectivity index (χ2v) is 22.9. The van der Waals surface area contributed by atoms with Crippen LogP contribution < -0.4 is 5.32 Å². The fourth-order valence-corrected chi connectivity index (χ4v) is 10.1. The number of rotatable bonds is 57. The summed E-state index contributed by atoms with van der Waals surface area (Å²) in [4.78, 5) is 13.1. The summed E-state index contributed by atoms with van der Waals surface area (Å²) in [5.74, 6) is -0.187. The van der Waals surface area contributed by atoms with Crippen LogP contribution in [0.15, 0.2) is 109 Å². The van der Waals surface area contributed by atoms with Gasteiger partial charge in [0.05, 0.1) is 25.4 Å². The first kappa shape index (κ1) is 75.9. The van der Waals surface area contributed by atoms with E-state index in [9.17, 15) is 30.3 Å². The average Bonchev–Trinajstić information content (AvgIpc) is 3.48. The van der Waals surface area contributed by atoms with Crippen molar-refractivity contribution < 1.29 is 39.8 Å². The molecule has 1 aliphatic heterocycles. The molecule has 1 rings (SSSR count). The van der Waals surface area contributed by atoms with E-state index >= 15 is 0 Å². The third-order valence-corrected chi connectivity index (χ3v) is 15.3. The van der Waals surface area contributed by atoms with Gasteiger partial charge < -0.3 is 40.3 Å². The Labute approximate surface area is 497 Å². The zero-order valence-electron chi connectivity index (χ0n) is 52.0. The summed E-state index contributed by atoms with van der Waals surface area (Å²) < 4.78 is 11.3. The van der Waals surface area contributed by atoms with Gasteiger partial charge in [-0.1, -0.05) is 297 Å². The van der Waals surface area contributed by atoms with Crippen molar-refractivity contribution in [1.29, 1.82) is 0 Å². The van der Waals surface area contributed by atoms with Crippen molar-refractivity contribution in [1.82, 2.24) is 5.32 Å². The van der Waals surface area contributed by atoms with Crippen LogP contribution in [0.1, 0.15) is 284 Å². The fourth-order valence-electron chi connectivity index (χ4n) is 10.1. The molecule has 7 atom stereocenters. The lowest BCUT2D eigenvalue weighted by atomic mass is 9.99. The molecule has 9 nitrogen and oxygen atoms in total. The van der Waals surface area contributed by atoms with Crippen LogP contribution in [0.5, 0.6) is 0 Å². The Morgan fingerprint density at radius 1 is 0.432 bits per heavy atom. The smallest absolute Gasteiger partial charge is 0.220 e. The lowest BCUT2D eigenvalue weighted by molar-refractivity contribution is -0.302. The van der Waals surface area contributed by atoms with Crippen molar-refractivity contribution in [2.75, 3.05) is 13.2 Å². The van der Waals surface area contributed by atoms with Gasteiger partial charge >= 0.3 is 0 Å². The molecule has 1 heterocycles. The molecule has 9 heteroatoms. The lowest BCUT2D eigenvalue weighted by Crippen LogP contribution is -2.60. The lowest BCUT2D eigenvalue weighted by Gasteiger charge is -2.40. The summed E-state index contributed by atoms with van der Waals surface area (Å²) in [5.41, 5.74) is 0. The number of unbranched alkanes of at least 4 members (excludes halogenated alkanes) is 31. The quantitative estimate of drug-likeness (QED) is 0.0261. The number of nitrogens with one attached hydrogen (secondary N) is 1. The first-order valence-corrected chi connectivity index (χ1v) is 33.6. The zero-order valence-corrected chi connectivity index (χ0v) is 52.0. The molecule has 6 N–H and O–H groups in total. The molecule has 7 unspecified atom stereocenters. The van der Waals surface area contributed by atoms with Crippen LogP contribution in [0.2, 0.25) is 0 Å². The minimum atomic E-state index is -1.58. The number of allylic oxidation sites excluding steroid dienone is 17. The number of hydrogen-bond donors (Lipinski definition) is 6. The van der Waals surface area contributed by atoms with Crippen LogP contribution in [0.4, 0.5) is 0 Å². The van der Waals surface area contributed by atoms with Gasteiger partial charge in [0.1, 0.15) is 24.4 Å². The average molecular weight is 1130 g/mol. The predicted molar refractivity (Wildman–Crippen MR) is 345 cm³/mol. The highest BCUT2D eigenvalue weighted by Gasteiger charge is 2.44. The van der Waals surface area contributed by atoms with Gasteiger partial charge in [0.15, 0.2) is 6.29 Å². The van der Waals surface area contributed by atoms with Crippen molar-refractivity contribution in [2.45, 2.75) is 326 Å². The largest absolute Gasteiger partial charge is 0.394 e. The number of amides is 1. The molecule has 0 radical (unpaired) electrons. The number of hydrogen-bond acceptors (Lipinski definition) is 8. The summed E-state index contributed by atoms with van der Waals surface area (Å²) in [6.45, 7) is 3.66. The molecule has 0 aromatic rings. The zero-order chi connectivity index (χ0) is 58.6. The van der Waals surface area contributed by atoms with E-state index in [1.165, 1.54) is 180 Å². The Bertz CT molecular complexity index is 1640. The topological polar surface area (TPSA) is 149 Å². The number of aliphatic hydroxyl groups is 5. The van der Waals surface area contributed by atoms with Gasteiger partial charge in [0.2, 0.25) is 5.91 Å². The van der Waals surface area contributed by atoms with Gasteiger partial charge in [-0.3, -0.25) is 4.79 Å². The molecule has 1 amide bonds. The van der Waals surface area contributed by atoms with E-state index in [1.54, 1.807) is 6.08 Å². The molecule has 0 saturated carbocycles. The molecule has 0 spiro atoms. The van der Waals surface area contributed by atoms with E-state index in [0.717, 1.165) is 83.5 Å². The van der Waals surface area contributed by atoms with Gasteiger partial charge in [0.25, 0.3) is 0 Å². The van der Waals surface area contributed by atoms with Crippen LogP contribution in [0, 0.1) is 0 Å². The molecule has 0 aliphatic carbocycles. The Kier molecular flexibility index (Phi) is 56.2. The second-order valence-electron chi connectivity index (χ2n) is 22.9. The van der Waals surface area contributed by atoms with Crippen LogP contribution in [0.3, 0.4) is 0 Å². The van der Waals surface area contributed by atoms with Crippen LogP contribution in [-0.2, 0) is 14.3 Å². The first-order chi connectivity index (χ1) is 39.8. The Morgan fingerprint density at radius 3 is 1.19 bits per heavy atom. The molecule has 1 saturated heterocycles. The Balaban J connectivity index is 2.12. The molecule has 0 aromatic carbocycles. The van der Waals surface area contributed by atoms with E-state index in [2.05, 4.69) is 116 Å². The summed E-state index contributed by atoms with van der Waals surface area (Å²) in [6.07, 6.45) is 81.8. The van der Waals surface area contributed by atoms with E-state index < -0.39 is 49.5 Å². The Morgan fingerprint density at radius 2 is 0.778 bits per heavy atom. The molecular formula is C72H125NO8. The third-order valence-electron chi connectivity index (χ3n) is 15.3. The molecule has 1 fully saturated rings. The first-order valence-electron chi connectivity index (χ1n) is 33.6. The maximum Gasteiger partial charge on any atom is 0.220 e. The van der Waals surface area contributed by atoms with E-state index in [1.807, 2.05) is 6.08 Å². The standard InChI is InChI=1S/C72H125NO8/c1-3-5-7-9-11-13-15-17-19-21-23-24-25-26-27-28-29-30-31-32-33-34-35-36-37-38-39-40-41-42-44-46-48-50-52-54-56-58-60-62-68(76)73-65(64-80-72-71(79)70(78)69(77)67(63-74)81-72)66(75)61-59-57-55-53-51-49-47-45-43-22-20-18-16-14-12-10-8-6-4-2/h5,7,11,13,17,19,23-24,26-27,29-30,32-33,51,53,59,61,65-67,69-72,74-75,77-79H,3-4,6,8-10,12,14-16,18,20-22,25,28,31,34-50,52,54-58,60,62-64H2,1-2H3,(H,73,76)/b7-5-,13-11-,19-17-,24-23-,27-26-,30-29-,33-32-,53-51+,61-59+. The molecule has 466 valence electrons. The van der Waals surface area contributed by atoms with Crippen LogP contribution in [-0.4, -0.2) is 87.5 Å². The summed E-state index contributed by atoms with van der Waals surface area (Å²) in [6, 6.07) is -0.827. The molecule has 0 bridgehead atoms. The fraction of sp³-hybridized carbons (Fsp3) is 0.736. The van der Waals surface area contributed by atoms with Crippen molar-refractivity contribution in [3.63, 3.8) is 0 Å². The third kappa shape index (κ3) is 48.9. The molecule has 81 heavy (non-hydrogen) atoms. The summed E-state index contributed by atoms with van der Waals surface area (Å²) >= 11 is 0. The highest BCUT2D eigenvalue weighted by Crippen LogP contribution is 2.23. The molecular weight excluding hydrogens is 1010 g/mol. The summed E-state index contributed by atoms with van der Waals surface area (Å²) in [5, 5.41) is 54.6. The highest BCUT2D eigenvalue weighted by molar-refractivity contribution is 5.76. The van der Waals surface area contributed by atoms with Crippen molar-refractivity contribution in [3.05, 3.63) is 109 Å². The van der Waals surface area contributed by atoms with Crippen LogP contribution >= 0.6 is 0 Å². The summed E-state index contributed by atoms with van der Waals surface area (Å²) in [7, 11) is 0. The van der Waals surface area contributed by atoms with Gasteiger partial charge in [0, 0.05) is 6.42 Å². The second kappa shape index (κ2) is 60.0. The Hall–Kier alpha value is -3.15. The molecule has 0 aromatic heterocycles. The van der Waals surface area contributed by atoms with Crippen molar-refractivity contribution in [3.8, 4) is 0 Å². The number of carbonyl (C=O) groups is 1. The van der Waals surface area contributed by atoms with Gasteiger partial charge in [-0.2, -0.15) is 0 Å².